The number of carbonyl (C=O) groups excluding carboxylic acids is 4. The van der Waals surface area contributed by atoms with Gasteiger partial charge in [-0.1, -0.05) is 95.7 Å². The van der Waals surface area contributed by atoms with Gasteiger partial charge in [0.15, 0.2) is 5.12 Å². The summed E-state index contributed by atoms with van der Waals surface area (Å²) in [4.78, 5) is 51.9. The van der Waals surface area contributed by atoms with Crippen LogP contribution in [0, 0.1) is 0 Å². The van der Waals surface area contributed by atoms with E-state index < -0.39 is 23.0 Å². The number of carbonyl (C=O) groups is 4. The average Bonchev–Trinajstić information content (AvgIpc) is 2.99. The molecule has 0 bridgehead atoms. The predicted molar refractivity (Wildman–Crippen MR) is 115 cm³/mol. The Morgan fingerprint density at radius 1 is 0.862 bits per heavy atom. The molecule has 1 aliphatic heterocycles. The van der Waals surface area contributed by atoms with Crippen molar-refractivity contribution < 1.29 is 24.0 Å². The topological polar surface area (TPSA) is 80.8 Å². The Balaban J connectivity index is 2.17. The molecule has 1 unspecified atom stereocenters. The second-order valence-corrected chi connectivity index (χ2v) is 9.15. The van der Waals surface area contributed by atoms with Crippen molar-refractivity contribution in [2.75, 3.05) is 0 Å². The first-order valence-electron chi connectivity index (χ1n) is 11.2. The second kappa shape index (κ2) is 15.5. The highest BCUT2D eigenvalue weighted by Gasteiger charge is 2.35. The molecule has 0 aromatic heterocycles. The van der Waals surface area contributed by atoms with Gasteiger partial charge in [0.05, 0.1) is 0 Å². The summed E-state index contributed by atoms with van der Waals surface area (Å²) in [7, 11) is 0. The van der Waals surface area contributed by atoms with Crippen LogP contribution < -0.4 is 0 Å². The molecule has 29 heavy (non-hydrogen) atoms. The van der Waals surface area contributed by atoms with Crippen LogP contribution in [0.25, 0.3) is 0 Å². The van der Waals surface area contributed by atoms with E-state index in [4.69, 9.17) is 4.84 Å². The van der Waals surface area contributed by atoms with Crippen molar-refractivity contribution in [1.29, 1.82) is 0 Å². The summed E-state index contributed by atoms with van der Waals surface area (Å²) in [5.41, 5.74) is 0. The number of amides is 2. The Hall–Kier alpha value is -1.37. The molecule has 6 nitrogen and oxygen atoms in total. The minimum Gasteiger partial charge on any atom is -0.329 e. The molecule has 7 heteroatoms. The highest BCUT2D eigenvalue weighted by Crippen LogP contribution is 2.23. The van der Waals surface area contributed by atoms with Gasteiger partial charge < -0.3 is 4.84 Å². The lowest BCUT2D eigenvalue weighted by molar-refractivity contribution is -0.197. The van der Waals surface area contributed by atoms with E-state index >= 15 is 0 Å². The first kappa shape index (κ1) is 25.7. The highest BCUT2D eigenvalue weighted by molar-refractivity contribution is 8.14. The Morgan fingerprint density at radius 2 is 1.31 bits per heavy atom. The van der Waals surface area contributed by atoms with E-state index in [0.29, 0.717) is 11.5 Å². The minimum atomic E-state index is -0.683. The van der Waals surface area contributed by atoms with Gasteiger partial charge in [-0.2, -0.15) is 0 Å². The van der Waals surface area contributed by atoms with Crippen LogP contribution in [-0.4, -0.2) is 33.2 Å². The largest absolute Gasteiger partial charge is 0.346 e. The number of rotatable bonds is 16. The van der Waals surface area contributed by atoms with E-state index in [0.717, 1.165) is 31.0 Å². The first-order valence-corrected chi connectivity index (χ1v) is 12.1. The van der Waals surface area contributed by atoms with Crippen LogP contribution in [0.2, 0.25) is 0 Å². The summed E-state index contributed by atoms with van der Waals surface area (Å²) in [5.74, 6) is -1.68. The summed E-state index contributed by atoms with van der Waals surface area (Å²) in [6, 6.07) is 0. The van der Waals surface area contributed by atoms with Crippen molar-refractivity contribution in [3.63, 3.8) is 0 Å². The molecule has 1 rings (SSSR count). The van der Waals surface area contributed by atoms with Crippen LogP contribution in [0.3, 0.4) is 0 Å². The third-order valence-corrected chi connectivity index (χ3v) is 6.12. The molecule has 1 heterocycles. The normalized spacial score (nSPS) is 15.0. The molecule has 0 radical (unpaired) electrons. The van der Waals surface area contributed by atoms with Crippen LogP contribution >= 0.6 is 11.8 Å². The number of nitrogens with zero attached hydrogens (tertiary/aromatic N) is 1. The summed E-state index contributed by atoms with van der Waals surface area (Å²) >= 11 is 0.914. The fourth-order valence-corrected chi connectivity index (χ4v) is 4.23. The Bertz CT molecular complexity index is 521. The molecule has 1 fully saturated rings. The Kier molecular flexibility index (Phi) is 13.7. The molecular weight excluding hydrogens is 390 g/mol. The molecule has 1 saturated heterocycles. The number of unbranched alkanes of at least 4 members (excludes halogenated alkanes) is 11. The molecule has 166 valence electrons. The van der Waals surface area contributed by atoms with Gasteiger partial charge in [0.25, 0.3) is 11.8 Å². The first-order chi connectivity index (χ1) is 14.0. The van der Waals surface area contributed by atoms with E-state index in [1.807, 2.05) is 0 Å². The summed E-state index contributed by atoms with van der Waals surface area (Å²) in [6.45, 7) is 3.64. The molecule has 0 N–H and O–H groups in total. The van der Waals surface area contributed by atoms with Crippen LogP contribution in [-0.2, 0) is 24.0 Å². The van der Waals surface area contributed by atoms with Gasteiger partial charge in [-0.05, 0) is 6.42 Å². The number of hydrogen-bond acceptors (Lipinski definition) is 6. The standard InChI is InChI=1S/C22H37NO5S/c1-3-4-5-6-7-8-9-10-11-12-13-14-15-19(29-18(2)24)22(27)28-23-20(25)16-17-21(23)26/h19H,3-17H2,1-2H3. The highest BCUT2D eigenvalue weighted by atomic mass is 32.2. The fraction of sp³-hybridized carbons (Fsp3) is 0.818. The van der Waals surface area contributed by atoms with Gasteiger partial charge in [0.2, 0.25) is 0 Å². The molecule has 0 aliphatic carbocycles. The zero-order valence-electron chi connectivity index (χ0n) is 18.1. The lowest BCUT2D eigenvalue weighted by Crippen LogP contribution is -2.35. The molecule has 1 atom stereocenters. The molecule has 1 aliphatic rings. The summed E-state index contributed by atoms with van der Waals surface area (Å²) in [6.07, 6.45) is 15.3. The van der Waals surface area contributed by atoms with E-state index in [1.165, 1.54) is 64.7 Å². The molecule has 0 aromatic rings. The predicted octanol–water partition coefficient (Wildman–Crippen LogP) is 5.33. The maximum absolute atomic E-state index is 12.3. The zero-order valence-corrected chi connectivity index (χ0v) is 18.9. The van der Waals surface area contributed by atoms with E-state index in [-0.39, 0.29) is 18.0 Å². The van der Waals surface area contributed by atoms with E-state index in [1.54, 1.807) is 0 Å². The molecular formula is C22H37NO5S. The van der Waals surface area contributed by atoms with Gasteiger partial charge in [0, 0.05) is 19.8 Å². The van der Waals surface area contributed by atoms with Crippen molar-refractivity contribution in [1.82, 2.24) is 5.06 Å². The number of hydroxylamine groups is 2. The summed E-state index contributed by atoms with van der Waals surface area (Å²) < 4.78 is 0. The molecule has 0 saturated carbocycles. The van der Waals surface area contributed by atoms with Crippen molar-refractivity contribution >= 4 is 34.7 Å². The molecule has 0 aromatic carbocycles. The smallest absolute Gasteiger partial charge is 0.329 e. The van der Waals surface area contributed by atoms with Gasteiger partial charge in [-0.25, -0.2) is 4.79 Å². The number of imide groups is 1. The SMILES string of the molecule is CCCCCCCCCCCCCCC(SC(C)=O)C(=O)ON1C(=O)CCC1=O. The maximum Gasteiger partial charge on any atom is 0.346 e. The molecule has 0 spiro atoms. The van der Waals surface area contributed by atoms with Gasteiger partial charge >= 0.3 is 5.97 Å². The zero-order chi connectivity index (χ0) is 21.5. The Morgan fingerprint density at radius 3 is 1.76 bits per heavy atom. The average molecular weight is 428 g/mol. The van der Waals surface area contributed by atoms with Gasteiger partial charge in [-0.15, -0.1) is 5.06 Å². The second-order valence-electron chi connectivity index (χ2n) is 7.77. The van der Waals surface area contributed by atoms with Gasteiger partial charge in [-0.3, -0.25) is 14.4 Å². The monoisotopic (exact) mass is 427 g/mol. The van der Waals surface area contributed by atoms with Crippen molar-refractivity contribution in [3.8, 4) is 0 Å². The van der Waals surface area contributed by atoms with Crippen molar-refractivity contribution in [2.45, 2.75) is 115 Å². The number of hydrogen-bond donors (Lipinski definition) is 0. The molecule has 2 amide bonds. The minimum absolute atomic E-state index is 0.0649. The van der Waals surface area contributed by atoms with Crippen LogP contribution in [0.4, 0.5) is 0 Å². The lowest BCUT2D eigenvalue weighted by atomic mass is 10.0. The van der Waals surface area contributed by atoms with E-state index in [9.17, 15) is 19.2 Å². The van der Waals surface area contributed by atoms with Gasteiger partial charge in [0.1, 0.15) is 5.25 Å². The van der Waals surface area contributed by atoms with Crippen molar-refractivity contribution in [2.24, 2.45) is 0 Å². The van der Waals surface area contributed by atoms with Crippen LogP contribution in [0.15, 0.2) is 0 Å². The summed E-state index contributed by atoms with van der Waals surface area (Å²) in [5, 5.41) is -0.292. The van der Waals surface area contributed by atoms with Crippen molar-refractivity contribution in [3.05, 3.63) is 0 Å². The van der Waals surface area contributed by atoms with Crippen LogP contribution in [0.1, 0.15) is 110 Å². The lowest BCUT2D eigenvalue weighted by Gasteiger charge is -2.17. The van der Waals surface area contributed by atoms with Crippen LogP contribution in [0.5, 0.6) is 0 Å². The third kappa shape index (κ3) is 11.4. The Labute approximate surface area is 179 Å². The fourth-order valence-electron chi connectivity index (χ4n) is 3.40. The number of thioether (sulfide) groups is 1. The quantitative estimate of drug-likeness (QED) is 0.244. The van der Waals surface area contributed by atoms with E-state index in [2.05, 4.69) is 6.92 Å². The maximum atomic E-state index is 12.3. The third-order valence-electron chi connectivity index (χ3n) is 5.08.